The summed E-state index contributed by atoms with van der Waals surface area (Å²) >= 11 is 0. The molecule has 2 rings (SSSR count). The summed E-state index contributed by atoms with van der Waals surface area (Å²) in [5, 5.41) is 6.14. The van der Waals surface area contributed by atoms with E-state index in [1.54, 1.807) is 0 Å². The van der Waals surface area contributed by atoms with Crippen LogP contribution >= 0.6 is 0 Å². The van der Waals surface area contributed by atoms with E-state index >= 15 is 0 Å². The molecule has 0 aliphatic carbocycles. The molecule has 1 unspecified atom stereocenters. The van der Waals surface area contributed by atoms with Gasteiger partial charge in [-0.3, -0.25) is 5.10 Å². The molecule has 0 fully saturated rings. The van der Waals surface area contributed by atoms with E-state index in [2.05, 4.69) is 14.9 Å². The van der Waals surface area contributed by atoms with Gasteiger partial charge in [-0.25, -0.2) is 26.3 Å². The molecule has 0 aliphatic rings. The van der Waals surface area contributed by atoms with Gasteiger partial charge in [0.25, 0.3) is 0 Å². The van der Waals surface area contributed by atoms with Crippen LogP contribution in [-0.4, -0.2) is 18.6 Å². The molecular formula is C11H10F3N3O2S. The fourth-order valence-corrected chi connectivity index (χ4v) is 2.88. The smallest absolute Gasteiger partial charge is 0.244 e. The summed E-state index contributed by atoms with van der Waals surface area (Å²) in [6.45, 7) is 1.50. The van der Waals surface area contributed by atoms with Crippen molar-refractivity contribution >= 4 is 10.0 Å². The Hall–Kier alpha value is -1.87. The zero-order valence-corrected chi connectivity index (χ0v) is 11.0. The molecule has 0 bridgehead atoms. The van der Waals surface area contributed by atoms with Crippen molar-refractivity contribution in [3.63, 3.8) is 0 Å². The molecule has 0 saturated heterocycles. The van der Waals surface area contributed by atoms with Crippen LogP contribution in [0.3, 0.4) is 0 Å². The van der Waals surface area contributed by atoms with Gasteiger partial charge in [0.15, 0.2) is 17.5 Å². The van der Waals surface area contributed by atoms with E-state index in [0.29, 0.717) is 17.7 Å². The van der Waals surface area contributed by atoms with E-state index in [1.807, 2.05) is 0 Å². The van der Waals surface area contributed by atoms with Crippen LogP contribution in [0.15, 0.2) is 29.4 Å². The van der Waals surface area contributed by atoms with Gasteiger partial charge in [-0.2, -0.15) is 5.10 Å². The molecule has 2 aromatic rings. The molecule has 9 heteroatoms. The average Bonchev–Trinajstić information content (AvgIpc) is 2.89. The quantitative estimate of drug-likeness (QED) is 0.847. The van der Waals surface area contributed by atoms with Gasteiger partial charge in [0, 0.05) is 17.8 Å². The molecule has 1 aromatic heterocycles. The molecule has 0 saturated carbocycles. The molecule has 108 valence electrons. The van der Waals surface area contributed by atoms with Crippen LogP contribution in [0.2, 0.25) is 0 Å². The first kappa shape index (κ1) is 14.5. The van der Waals surface area contributed by atoms with Crippen molar-refractivity contribution in [1.82, 2.24) is 14.9 Å². The third-order valence-corrected chi connectivity index (χ3v) is 4.20. The molecule has 1 aromatic carbocycles. The van der Waals surface area contributed by atoms with Crippen LogP contribution in [0.5, 0.6) is 0 Å². The lowest BCUT2D eigenvalue weighted by Crippen LogP contribution is -2.27. The minimum Gasteiger partial charge on any atom is -0.285 e. The summed E-state index contributed by atoms with van der Waals surface area (Å²) < 4.78 is 65.4. The van der Waals surface area contributed by atoms with E-state index in [9.17, 15) is 21.6 Å². The van der Waals surface area contributed by atoms with Crippen LogP contribution in [0, 0.1) is 17.5 Å². The van der Waals surface area contributed by atoms with Crippen molar-refractivity contribution in [3.8, 4) is 0 Å². The lowest BCUT2D eigenvalue weighted by molar-refractivity contribution is 0.431. The minimum atomic E-state index is -4.33. The Balaban J connectivity index is 2.34. The second-order valence-electron chi connectivity index (χ2n) is 4.05. The average molecular weight is 305 g/mol. The first-order valence-corrected chi connectivity index (χ1v) is 6.95. The summed E-state index contributed by atoms with van der Waals surface area (Å²) in [6, 6.07) is 0.500. The maximum absolute atomic E-state index is 13.5. The van der Waals surface area contributed by atoms with Crippen molar-refractivity contribution < 1.29 is 21.6 Å². The van der Waals surface area contributed by atoms with Crippen molar-refractivity contribution in [3.05, 3.63) is 47.5 Å². The van der Waals surface area contributed by atoms with Crippen LogP contribution in [0.25, 0.3) is 0 Å². The largest absolute Gasteiger partial charge is 0.285 e. The first-order chi connectivity index (χ1) is 9.33. The number of rotatable bonds is 4. The van der Waals surface area contributed by atoms with Crippen LogP contribution < -0.4 is 4.72 Å². The van der Waals surface area contributed by atoms with Crippen LogP contribution in [0.1, 0.15) is 18.5 Å². The maximum atomic E-state index is 13.5. The zero-order chi connectivity index (χ0) is 14.9. The number of H-pyrrole nitrogens is 1. The van der Waals surface area contributed by atoms with E-state index in [1.165, 1.54) is 19.3 Å². The topological polar surface area (TPSA) is 74.8 Å². The number of aromatic amines is 1. The highest BCUT2D eigenvalue weighted by Crippen LogP contribution is 2.21. The monoisotopic (exact) mass is 305 g/mol. The normalized spacial score (nSPS) is 13.4. The van der Waals surface area contributed by atoms with Crippen molar-refractivity contribution in [2.75, 3.05) is 0 Å². The van der Waals surface area contributed by atoms with Gasteiger partial charge in [-0.15, -0.1) is 0 Å². The van der Waals surface area contributed by atoms with Gasteiger partial charge in [0.1, 0.15) is 4.90 Å². The summed E-state index contributed by atoms with van der Waals surface area (Å²) in [4.78, 5) is -0.952. The van der Waals surface area contributed by atoms with Gasteiger partial charge in [0.2, 0.25) is 10.0 Å². The van der Waals surface area contributed by atoms with E-state index in [-0.39, 0.29) is 0 Å². The van der Waals surface area contributed by atoms with Crippen molar-refractivity contribution in [2.45, 2.75) is 17.9 Å². The molecular weight excluding hydrogens is 295 g/mol. The molecule has 0 aliphatic heterocycles. The SMILES string of the molecule is CC(NS(=O)(=O)c1ccc(F)c(F)c1F)c1cn[nH]c1. The second-order valence-corrected chi connectivity index (χ2v) is 5.73. The Morgan fingerprint density at radius 1 is 1.25 bits per heavy atom. The van der Waals surface area contributed by atoms with Gasteiger partial charge in [0.05, 0.1) is 6.20 Å². The second kappa shape index (κ2) is 5.25. The Labute approximate surface area is 112 Å². The lowest BCUT2D eigenvalue weighted by atomic mass is 10.2. The number of hydrogen-bond donors (Lipinski definition) is 2. The van der Waals surface area contributed by atoms with Crippen LogP contribution in [0.4, 0.5) is 13.2 Å². The van der Waals surface area contributed by atoms with Crippen molar-refractivity contribution in [1.29, 1.82) is 0 Å². The van der Waals surface area contributed by atoms with E-state index in [0.717, 1.165) is 0 Å². The Morgan fingerprint density at radius 3 is 2.55 bits per heavy atom. The molecule has 5 nitrogen and oxygen atoms in total. The zero-order valence-electron chi connectivity index (χ0n) is 10.2. The third-order valence-electron chi connectivity index (χ3n) is 2.64. The molecule has 20 heavy (non-hydrogen) atoms. The predicted octanol–water partition coefficient (Wildman–Crippen LogP) is 1.87. The Morgan fingerprint density at radius 2 is 1.95 bits per heavy atom. The van der Waals surface area contributed by atoms with E-state index < -0.39 is 38.4 Å². The number of aromatic nitrogens is 2. The van der Waals surface area contributed by atoms with Gasteiger partial charge in [-0.1, -0.05) is 0 Å². The number of halogens is 3. The third kappa shape index (κ3) is 2.68. The molecule has 2 N–H and O–H groups in total. The first-order valence-electron chi connectivity index (χ1n) is 5.47. The lowest BCUT2D eigenvalue weighted by Gasteiger charge is -2.13. The maximum Gasteiger partial charge on any atom is 0.244 e. The molecule has 0 spiro atoms. The van der Waals surface area contributed by atoms with Gasteiger partial charge >= 0.3 is 0 Å². The number of sulfonamides is 1. The highest BCUT2D eigenvalue weighted by atomic mass is 32.2. The molecule has 1 heterocycles. The summed E-state index contributed by atoms with van der Waals surface area (Å²) in [7, 11) is -4.33. The van der Waals surface area contributed by atoms with Crippen molar-refractivity contribution in [2.24, 2.45) is 0 Å². The van der Waals surface area contributed by atoms with Gasteiger partial charge < -0.3 is 0 Å². The fourth-order valence-electron chi connectivity index (χ4n) is 1.58. The summed E-state index contributed by atoms with van der Waals surface area (Å²) in [5.41, 5.74) is 0.511. The highest BCUT2D eigenvalue weighted by Gasteiger charge is 2.26. The molecule has 0 amide bonds. The molecule has 1 atom stereocenters. The van der Waals surface area contributed by atoms with E-state index in [4.69, 9.17) is 0 Å². The molecule has 0 radical (unpaired) electrons. The van der Waals surface area contributed by atoms with Crippen LogP contribution in [-0.2, 0) is 10.0 Å². The number of hydrogen-bond acceptors (Lipinski definition) is 3. The standard InChI is InChI=1S/C11H10F3N3O2S/c1-6(7-4-15-16-5-7)17-20(18,19)9-3-2-8(12)10(13)11(9)14/h2-6,17H,1H3,(H,15,16). The highest BCUT2D eigenvalue weighted by molar-refractivity contribution is 7.89. The number of benzene rings is 1. The minimum absolute atomic E-state index is 0.511. The predicted molar refractivity (Wildman–Crippen MR) is 63.6 cm³/mol. The summed E-state index contributed by atoms with van der Waals surface area (Å²) in [6.07, 6.45) is 2.84. The Bertz CT molecular complexity index is 717. The number of nitrogens with one attached hydrogen (secondary N) is 2. The number of nitrogens with zero attached hydrogens (tertiary/aromatic N) is 1. The fraction of sp³-hybridized carbons (Fsp3) is 0.182. The Kier molecular flexibility index (Phi) is 3.82. The summed E-state index contributed by atoms with van der Waals surface area (Å²) in [5.74, 6) is -5.04. The van der Waals surface area contributed by atoms with Gasteiger partial charge in [-0.05, 0) is 19.1 Å².